The fourth-order valence-electron chi connectivity index (χ4n) is 4.34. The summed E-state index contributed by atoms with van der Waals surface area (Å²) in [6, 6.07) is 16.5. The van der Waals surface area contributed by atoms with Crippen molar-refractivity contribution in [1.82, 2.24) is 14.9 Å². The second-order valence-corrected chi connectivity index (χ2v) is 10.6. The number of hydrogen-bond donors (Lipinski definition) is 1. The molecule has 4 aromatic rings. The predicted molar refractivity (Wildman–Crippen MR) is 120 cm³/mol. The largest absolute Gasteiger partial charge is 0.361 e. The van der Waals surface area contributed by atoms with Gasteiger partial charge in [0.25, 0.3) is 0 Å². The third kappa shape index (κ3) is 3.93. The predicted octanol–water partition coefficient (Wildman–Crippen LogP) is 4.59. The van der Waals surface area contributed by atoms with Crippen molar-refractivity contribution in [1.29, 1.82) is 0 Å². The van der Waals surface area contributed by atoms with E-state index >= 15 is 0 Å². The van der Waals surface area contributed by atoms with Gasteiger partial charge in [0.2, 0.25) is 9.84 Å². The van der Waals surface area contributed by atoms with Crippen molar-refractivity contribution in [2.45, 2.75) is 29.7 Å². The number of likely N-dealkylation sites (tertiary alicyclic amines) is 1. The first-order valence-corrected chi connectivity index (χ1v) is 12.7. The molecule has 1 aliphatic rings. The Labute approximate surface area is 180 Å². The van der Waals surface area contributed by atoms with Crippen LogP contribution in [0.3, 0.4) is 0 Å². The van der Waals surface area contributed by atoms with Crippen LogP contribution >= 0.6 is 11.3 Å². The highest BCUT2D eigenvalue weighted by atomic mass is 32.2. The second-order valence-electron chi connectivity index (χ2n) is 7.91. The average Bonchev–Trinajstić information content (AvgIpc) is 3.50. The number of para-hydroxylation sites is 1. The molecule has 5 rings (SSSR count). The highest BCUT2D eigenvalue weighted by Gasteiger charge is 2.25. The van der Waals surface area contributed by atoms with Crippen molar-refractivity contribution in [3.63, 3.8) is 0 Å². The lowest BCUT2D eigenvalue weighted by Crippen LogP contribution is -2.19. The minimum Gasteiger partial charge on any atom is -0.361 e. The van der Waals surface area contributed by atoms with Crippen molar-refractivity contribution in [3.8, 4) is 0 Å². The number of aromatic nitrogens is 2. The lowest BCUT2D eigenvalue weighted by molar-refractivity contribution is 0.328. The lowest BCUT2D eigenvalue weighted by Gasteiger charge is -2.16. The SMILES string of the molecule is O=S(=O)(Cc1cccc(C2CCN(Cc3c[nH]c4ccccc34)C2)c1)c1cscn1. The summed E-state index contributed by atoms with van der Waals surface area (Å²) in [7, 11) is -3.39. The molecule has 0 saturated carbocycles. The van der Waals surface area contributed by atoms with E-state index in [0.717, 1.165) is 31.6 Å². The first-order valence-electron chi connectivity index (χ1n) is 10.1. The minimum atomic E-state index is -3.39. The molecular formula is C23H23N3O2S2. The van der Waals surface area contributed by atoms with Gasteiger partial charge in [-0.1, -0.05) is 42.5 Å². The van der Waals surface area contributed by atoms with Crippen LogP contribution in [-0.2, 0) is 22.1 Å². The molecule has 154 valence electrons. The van der Waals surface area contributed by atoms with Crippen molar-refractivity contribution >= 4 is 32.1 Å². The van der Waals surface area contributed by atoms with Gasteiger partial charge in [-0.15, -0.1) is 11.3 Å². The standard InChI is InChI=1S/C23H23N3O2S2/c27-30(28,23-14-29-16-25-23)15-17-4-3-5-18(10-17)19-8-9-26(12-19)13-20-11-24-22-7-2-1-6-21(20)22/h1-7,10-11,14,16,19,24H,8-9,12-13,15H2. The van der Waals surface area contributed by atoms with Crippen molar-refractivity contribution < 1.29 is 8.42 Å². The number of nitrogens with zero attached hydrogens (tertiary/aromatic N) is 2. The topological polar surface area (TPSA) is 66.1 Å². The molecule has 3 heterocycles. The molecule has 0 radical (unpaired) electrons. The Balaban J connectivity index is 1.28. The number of thiazole rings is 1. The highest BCUT2D eigenvalue weighted by Crippen LogP contribution is 2.30. The Kier molecular flexibility index (Phi) is 5.18. The number of sulfone groups is 1. The van der Waals surface area contributed by atoms with Crippen LogP contribution in [0.2, 0.25) is 0 Å². The fraction of sp³-hybridized carbons (Fsp3) is 0.261. The third-order valence-electron chi connectivity index (χ3n) is 5.85. The van der Waals surface area contributed by atoms with Crippen LogP contribution in [-0.4, -0.2) is 36.4 Å². The smallest absolute Gasteiger partial charge is 0.200 e. The maximum atomic E-state index is 12.6. The zero-order valence-corrected chi connectivity index (χ0v) is 18.1. The summed E-state index contributed by atoms with van der Waals surface area (Å²) in [5.41, 5.74) is 6.12. The molecule has 1 saturated heterocycles. The molecule has 0 spiro atoms. The number of hydrogen-bond acceptors (Lipinski definition) is 5. The molecule has 30 heavy (non-hydrogen) atoms. The van der Waals surface area contributed by atoms with E-state index in [1.165, 1.54) is 33.4 Å². The zero-order valence-electron chi connectivity index (χ0n) is 16.5. The second kappa shape index (κ2) is 7.98. The summed E-state index contributed by atoms with van der Waals surface area (Å²) in [6.45, 7) is 2.96. The van der Waals surface area contributed by atoms with Gasteiger partial charge in [0.15, 0.2) is 5.03 Å². The van der Waals surface area contributed by atoms with Gasteiger partial charge < -0.3 is 4.98 Å². The number of H-pyrrole nitrogens is 1. The molecule has 7 heteroatoms. The van der Waals surface area contributed by atoms with Crippen LogP contribution in [0.4, 0.5) is 0 Å². The molecule has 0 aliphatic carbocycles. The van der Waals surface area contributed by atoms with Crippen molar-refractivity contribution in [2.75, 3.05) is 13.1 Å². The third-order valence-corrected chi connectivity index (χ3v) is 8.16. The van der Waals surface area contributed by atoms with E-state index in [-0.39, 0.29) is 10.8 Å². The van der Waals surface area contributed by atoms with Gasteiger partial charge in [0.05, 0.1) is 11.3 Å². The van der Waals surface area contributed by atoms with Gasteiger partial charge in [-0.2, -0.15) is 0 Å². The normalized spacial score (nSPS) is 17.7. The summed E-state index contributed by atoms with van der Waals surface area (Å²) < 4.78 is 25.1. The van der Waals surface area contributed by atoms with Crippen molar-refractivity contribution in [3.05, 3.63) is 82.3 Å². The monoisotopic (exact) mass is 437 g/mol. The quantitative estimate of drug-likeness (QED) is 0.479. The van der Waals surface area contributed by atoms with E-state index in [4.69, 9.17) is 0 Å². The summed E-state index contributed by atoms with van der Waals surface area (Å²) >= 11 is 1.30. The van der Waals surface area contributed by atoms with Crippen LogP contribution in [0.5, 0.6) is 0 Å². The van der Waals surface area contributed by atoms with Gasteiger partial charge >= 0.3 is 0 Å². The molecule has 1 N–H and O–H groups in total. The maximum absolute atomic E-state index is 12.6. The first kappa shape index (κ1) is 19.5. The average molecular weight is 438 g/mol. The molecule has 2 aromatic heterocycles. The lowest BCUT2D eigenvalue weighted by atomic mass is 9.97. The van der Waals surface area contributed by atoms with Gasteiger partial charge in [-0.25, -0.2) is 13.4 Å². The van der Waals surface area contributed by atoms with Crippen molar-refractivity contribution in [2.24, 2.45) is 0 Å². The fourth-order valence-corrected chi connectivity index (χ4v) is 6.55. The highest BCUT2D eigenvalue weighted by molar-refractivity contribution is 7.90. The first-order chi connectivity index (χ1) is 14.6. The van der Waals surface area contributed by atoms with E-state index in [0.29, 0.717) is 5.92 Å². The molecule has 1 atom stereocenters. The Hall–Kier alpha value is -2.48. The number of benzene rings is 2. The van der Waals surface area contributed by atoms with Crippen LogP contribution in [0, 0.1) is 0 Å². The molecule has 2 aromatic carbocycles. The summed E-state index contributed by atoms with van der Waals surface area (Å²) in [5, 5.41) is 3.05. The van der Waals surface area contributed by atoms with Gasteiger partial charge in [-0.05, 0) is 41.6 Å². The van der Waals surface area contributed by atoms with Crippen LogP contribution < -0.4 is 0 Å². The Morgan fingerprint density at radius 2 is 2.07 bits per heavy atom. The summed E-state index contributed by atoms with van der Waals surface area (Å²) in [4.78, 5) is 9.82. The van der Waals surface area contributed by atoms with Crippen LogP contribution in [0.15, 0.2) is 70.6 Å². The Morgan fingerprint density at radius 3 is 2.93 bits per heavy atom. The number of fused-ring (bicyclic) bond motifs is 1. The summed E-state index contributed by atoms with van der Waals surface area (Å²) in [6.07, 6.45) is 3.20. The van der Waals surface area contributed by atoms with Crippen LogP contribution in [0.1, 0.15) is 29.0 Å². The maximum Gasteiger partial charge on any atom is 0.200 e. The van der Waals surface area contributed by atoms with E-state index < -0.39 is 9.84 Å². The number of rotatable bonds is 6. The van der Waals surface area contributed by atoms with Gasteiger partial charge in [0.1, 0.15) is 0 Å². The molecule has 5 nitrogen and oxygen atoms in total. The molecule has 0 bridgehead atoms. The minimum absolute atomic E-state index is 0.00362. The van der Waals surface area contributed by atoms with Gasteiger partial charge in [-0.3, -0.25) is 4.90 Å². The molecular weight excluding hydrogens is 414 g/mol. The van der Waals surface area contributed by atoms with Gasteiger partial charge in [0, 0.05) is 35.6 Å². The van der Waals surface area contributed by atoms with E-state index in [1.54, 1.807) is 10.9 Å². The zero-order chi connectivity index (χ0) is 20.6. The van der Waals surface area contributed by atoms with E-state index in [2.05, 4.69) is 57.5 Å². The number of nitrogens with one attached hydrogen (secondary N) is 1. The van der Waals surface area contributed by atoms with E-state index in [1.807, 2.05) is 12.1 Å². The summed E-state index contributed by atoms with van der Waals surface area (Å²) in [5.74, 6) is 0.424. The Morgan fingerprint density at radius 1 is 1.17 bits per heavy atom. The van der Waals surface area contributed by atoms with E-state index in [9.17, 15) is 8.42 Å². The van der Waals surface area contributed by atoms with Crippen LogP contribution in [0.25, 0.3) is 10.9 Å². The molecule has 1 fully saturated rings. The molecule has 1 aliphatic heterocycles. The molecule has 1 unspecified atom stereocenters. The Bertz CT molecular complexity index is 1260. The number of aromatic amines is 1. The molecule has 0 amide bonds.